The zero-order valence-electron chi connectivity index (χ0n) is 14.5. The molecule has 0 radical (unpaired) electrons. The average molecular weight is 381 g/mol. The zero-order valence-corrected chi connectivity index (χ0v) is 15.3. The minimum absolute atomic E-state index is 0.0718. The summed E-state index contributed by atoms with van der Waals surface area (Å²) in [6, 6.07) is 7.65. The van der Waals surface area contributed by atoms with Crippen molar-refractivity contribution < 1.29 is 23.1 Å². The number of nitrogens with zero attached hydrogens (tertiary/aromatic N) is 3. The highest BCUT2D eigenvalue weighted by atomic mass is 32.2. The summed E-state index contributed by atoms with van der Waals surface area (Å²) in [5.74, 6) is -1.04. The van der Waals surface area contributed by atoms with Crippen LogP contribution in [0.25, 0.3) is 0 Å². The van der Waals surface area contributed by atoms with Gasteiger partial charge in [0.15, 0.2) is 0 Å². The Morgan fingerprint density at radius 1 is 1.04 bits per heavy atom. The van der Waals surface area contributed by atoms with Crippen molar-refractivity contribution in [2.75, 3.05) is 39.3 Å². The molecule has 0 saturated carbocycles. The number of carbonyl (C=O) groups is 2. The van der Waals surface area contributed by atoms with Crippen LogP contribution in [-0.2, 0) is 19.6 Å². The monoisotopic (exact) mass is 381 g/mol. The lowest BCUT2D eigenvalue weighted by atomic mass is 10.2. The molecule has 2 aliphatic rings. The molecule has 0 aromatic heterocycles. The average Bonchev–Trinajstić information content (AvgIpc) is 3.11. The number of carbonyl (C=O) groups excluding carboxylic acids is 1. The quantitative estimate of drug-likeness (QED) is 0.775. The smallest absolute Gasteiger partial charge is 0.320 e. The highest BCUT2D eigenvalue weighted by Gasteiger charge is 2.34. The summed E-state index contributed by atoms with van der Waals surface area (Å²) >= 11 is 0. The van der Waals surface area contributed by atoms with E-state index in [1.165, 1.54) is 4.31 Å². The van der Waals surface area contributed by atoms with E-state index in [0.717, 1.165) is 6.42 Å². The van der Waals surface area contributed by atoms with Crippen LogP contribution in [-0.4, -0.2) is 84.8 Å². The van der Waals surface area contributed by atoms with E-state index in [1.54, 1.807) is 40.1 Å². The molecule has 2 aliphatic heterocycles. The number of rotatable bonds is 5. The van der Waals surface area contributed by atoms with Crippen molar-refractivity contribution in [1.29, 1.82) is 0 Å². The Bertz CT molecular complexity index is 760. The maximum atomic E-state index is 12.6. The van der Waals surface area contributed by atoms with Crippen molar-refractivity contribution in [2.24, 2.45) is 0 Å². The van der Waals surface area contributed by atoms with Crippen molar-refractivity contribution in [3.05, 3.63) is 30.3 Å². The number of benzene rings is 1. The van der Waals surface area contributed by atoms with Gasteiger partial charge >= 0.3 is 5.97 Å². The Labute approximate surface area is 153 Å². The number of piperazine rings is 1. The maximum absolute atomic E-state index is 12.6. The van der Waals surface area contributed by atoms with E-state index < -0.39 is 22.0 Å². The number of aliphatic carboxylic acids is 1. The molecule has 1 atom stereocenters. The van der Waals surface area contributed by atoms with Gasteiger partial charge in [-0.15, -0.1) is 0 Å². The van der Waals surface area contributed by atoms with E-state index in [4.69, 9.17) is 0 Å². The molecule has 0 spiro atoms. The van der Waals surface area contributed by atoms with E-state index in [9.17, 15) is 23.1 Å². The van der Waals surface area contributed by atoms with E-state index in [2.05, 4.69) is 0 Å². The fraction of sp³-hybridized carbons (Fsp3) is 0.529. The SMILES string of the molecule is O=C(O)C1CCCN1CC(=O)N1CCN(S(=O)(=O)c2ccccc2)CC1. The molecular formula is C17H23N3O5S. The molecule has 9 heteroatoms. The molecule has 2 saturated heterocycles. The first-order valence-electron chi connectivity index (χ1n) is 8.69. The predicted molar refractivity (Wildman–Crippen MR) is 94.0 cm³/mol. The van der Waals surface area contributed by atoms with Gasteiger partial charge in [0.2, 0.25) is 15.9 Å². The largest absolute Gasteiger partial charge is 0.480 e. The van der Waals surface area contributed by atoms with E-state index in [1.807, 2.05) is 0 Å². The lowest BCUT2D eigenvalue weighted by Crippen LogP contribution is -2.53. The van der Waals surface area contributed by atoms with Crippen LogP contribution in [0.4, 0.5) is 0 Å². The molecular weight excluding hydrogens is 358 g/mol. The van der Waals surface area contributed by atoms with Crippen LogP contribution in [0.5, 0.6) is 0 Å². The number of likely N-dealkylation sites (tertiary alicyclic amines) is 1. The van der Waals surface area contributed by atoms with E-state index in [-0.39, 0.29) is 30.4 Å². The molecule has 1 unspecified atom stereocenters. The third-order valence-corrected chi connectivity index (χ3v) is 6.87. The van der Waals surface area contributed by atoms with Gasteiger partial charge in [-0.05, 0) is 31.5 Å². The Hall–Kier alpha value is -1.97. The van der Waals surface area contributed by atoms with Crippen molar-refractivity contribution in [1.82, 2.24) is 14.1 Å². The van der Waals surface area contributed by atoms with Gasteiger partial charge in [0.25, 0.3) is 0 Å². The summed E-state index contributed by atoms with van der Waals surface area (Å²) in [5, 5.41) is 9.20. The summed E-state index contributed by atoms with van der Waals surface area (Å²) in [4.78, 5) is 27.3. The minimum Gasteiger partial charge on any atom is -0.480 e. The summed E-state index contributed by atoms with van der Waals surface area (Å²) in [6.45, 7) is 1.79. The Morgan fingerprint density at radius 3 is 2.31 bits per heavy atom. The van der Waals surface area contributed by atoms with E-state index in [0.29, 0.717) is 26.1 Å². The first-order chi connectivity index (χ1) is 12.4. The second-order valence-electron chi connectivity index (χ2n) is 6.56. The van der Waals surface area contributed by atoms with Crippen molar-refractivity contribution in [3.8, 4) is 0 Å². The lowest BCUT2D eigenvalue weighted by Gasteiger charge is -2.35. The van der Waals surface area contributed by atoms with Gasteiger partial charge in [-0.25, -0.2) is 8.42 Å². The lowest BCUT2D eigenvalue weighted by molar-refractivity contribution is -0.143. The molecule has 2 fully saturated rings. The summed E-state index contributed by atoms with van der Waals surface area (Å²) in [7, 11) is -3.55. The molecule has 2 heterocycles. The highest BCUT2D eigenvalue weighted by Crippen LogP contribution is 2.19. The number of hydrogen-bond donors (Lipinski definition) is 1. The van der Waals surface area contributed by atoms with Gasteiger partial charge in [0.05, 0.1) is 11.4 Å². The van der Waals surface area contributed by atoms with Crippen LogP contribution in [0, 0.1) is 0 Å². The maximum Gasteiger partial charge on any atom is 0.320 e. The number of hydrogen-bond acceptors (Lipinski definition) is 5. The van der Waals surface area contributed by atoms with Crippen molar-refractivity contribution in [2.45, 2.75) is 23.8 Å². The van der Waals surface area contributed by atoms with Gasteiger partial charge in [0.1, 0.15) is 6.04 Å². The minimum atomic E-state index is -3.55. The van der Waals surface area contributed by atoms with Crippen LogP contribution in [0.2, 0.25) is 0 Å². The number of carboxylic acids is 1. The van der Waals surface area contributed by atoms with Crippen molar-refractivity contribution in [3.63, 3.8) is 0 Å². The molecule has 1 aromatic carbocycles. The normalized spacial score (nSPS) is 22.5. The first-order valence-corrected chi connectivity index (χ1v) is 10.1. The Morgan fingerprint density at radius 2 is 1.69 bits per heavy atom. The van der Waals surface area contributed by atoms with Crippen molar-refractivity contribution >= 4 is 21.9 Å². The zero-order chi connectivity index (χ0) is 18.7. The molecule has 0 bridgehead atoms. The first kappa shape index (κ1) is 18.8. The molecule has 1 N–H and O–H groups in total. The Balaban J connectivity index is 1.57. The summed E-state index contributed by atoms with van der Waals surface area (Å²) in [5.41, 5.74) is 0. The molecule has 1 amide bonds. The van der Waals surface area contributed by atoms with Gasteiger partial charge in [-0.3, -0.25) is 14.5 Å². The fourth-order valence-electron chi connectivity index (χ4n) is 3.49. The number of carboxylic acid groups (broad SMARTS) is 1. The van der Waals surface area contributed by atoms with Crippen LogP contribution in [0.3, 0.4) is 0 Å². The van der Waals surface area contributed by atoms with Crippen LogP contribution in [0.1, 0.15) is 12.8 Å². The topological polar surface area (TPSA) is 98.2 Å². The van der Waals surface area contributed by atoms with Crippen LogP contribution in [0.15, 0.2) is 35.2 Å². The van der Waals surface area contributed by atoms with Gasteiger partial charge < -0.3 is 10.0 Å². The molecule has 26 heavy (non-hydrogen) atoms. The molecule has 142 valence electrons. The molecule has 0 aliphatic carbocycles. The van der Waals surface area contributed by atoms with Gasteiger partial charge in [-0.1, -0.05) is 18.2 Å². The van der Waals surface area contributed by atoms with Crippen LogP contribution < -0.4 is 0 Å². The van der Waals surface area contributed by atoms with Gasteiger partial charge in [0, 0.05) is 26.2 Å². The van der Waals surface area contributed by atoms with Crippen LogP contribution >= 0.6 is 0 Å². The summed E-state index contributed by atoms with van der Waals surface area (Å²) < 4.78 is 26.6. The fourth-order valence-corrected chi connectivity index (χ4v) is 4.93. The van der Waals surface area contributed by atoms with Gasteiger partial charge in [-0.2, -0.15) is 4.31 Å². The molecule has 8 nitrogen and oxygen atoms in total. The highest BCUT2D eigenvalue weighted by molar-refractivity contribution is 7.89. The molecule has 1 aromatic rings. The third kappa shape index (κ3) is 3.89. The number of amides is 1. The predicted octanol–water partition coefficient (Wildman–Crippen LogP) is 0.0685. The Kier molecular flexibility index (Phi) is 5.59. The third-order valence-electron chi connectivity index (χ3n) is 4.96. The second kappa shape index (κ2) is 7.73. The summed E-state index contributed by atoms with van der Waals surface area (Å²) in [6.07, 6.45) is 1.33. The number of sulfonamides is 1. The standard InChI is InChI=1S/C17H23N3O5S/c21-16(13-19-8-4-7-15(19)17(22)23)18-9-11-20(12-10-18)26(24,25)14-5-2-1-3-6-14/h1-3,5-6,15H,4,7-13H2,(H,22,23). The second-order valence-corrected chi connectivity index (χ2v) is 8.50. The molecule has 3 rings (SSSR count). The van der Waals surface area contributed by atoms with E-state index >= 15 is 0 Å².